The van der Waals surface area contributed by atoms with E-state index in [0.717, 1.165) is 21.7 Å². The predicted octanol–water partition coefficient (Wildman–Crippen LogP) is 8.30. The number of amides is 3. The first-order chi connectivity index (χ1) is 24.6. The number of hydrogen-bond donors (Lipinski definition) is 3. The van der Waals surface area contributed by atoms with Gasteiger partial charge < -0.3 is 30.3 Å². The number of hydrogen-bond acceptors (Lipinski definition) is 7. The van der Waals surface area contributed by atoms with Crippen LogP contribution in [0.4, 0.5) is 17.1 Å². The molecule has 260 valence electrons. The summed E-state index contributed by atoms with van der Waals surface area (Å²) < 4.78 is 10.8. The van der Waals surface area contributed by atoms with Crippen molar-refractivity contribution < 1.29 is 23.9 Å². The predicted molar refractivity (Wildman–Crippen MR) is 206 cm³/mol. The fourth-order valence-corrected chi connectivity index (χ4v) is 6.34. The highest BCUT2D eigenvalue weighted by Gasteiger charge is 2.24. The van der Waals surface area contributed by atoms with Gasteiger partial charge >= 0.3 is 0 Å². The van der Waals surface area contributed by atoms with Crippen LogP contribution >= 0.6 is 23.4 Å². The molecule has 1 unspecified atom stereocenters. The second kappa shape index (κ2) is 17.3. The molecule has 5 rings (SSSR count). The summed E-state index contributed by atoms with van der Waals surface area (Å²) in [5, 5.41) is 8.28. The summed E-state index contributed by atoms with van der Waals surface area (Å²) in [4.78, 5) is 43.5. The fraction of sp³-hybridized carbons (Fsp3) is 0.125. The van der Waals surface area contributed by atoms with E-state index >= 15 is 0 Å². The molecule has 51 heavy (non-hydrogen) atoms. The van der Waals surface area contributed by atoms with Gasteiger partial charge in [-0.2, -0.15) is 0 Å². The van der Waals surface area contributed by atoms with E-state index in [0.29, 0.717) is 33.5 Å². The molecule has 0 aliphatic rings. The van der Waals surface area contributed by atoms with Crippen LogP contribution in [0.3, 0.4) is 0 Å². The molecule has 9 nitrogen and oxygen atoms in total. The van der Waals surface area contributed by atoms with Gasteiger partial charge in [-0.15, -0.1) is 11.8 Å². The van der Waals surface area contributed by atoms with Crippen molar-refractivity contribution in [2.75, 3.05) is 43.8 Å². The topological polar surface area (TPSA) is 109 Å². The first-order valence-corrected chi connectivity index (χ1v) is 17.1. The molecule has 5 aromatic carbocycles. The fourth-order valence-electron chi connectivity index (χ4n) is 5.02. The Balaban J connectivity index is 1.39. The molecule has 0 aliphatic heterocycles. The lowest BCUT2D eigenvalue weighted by Crippen LogP contribution is -2.30. The van der Waals surface area contributed by atoms with Gasteiger partial charge in [0, 0.05) is 42.0 Å². The van der Waals surface area contributed by atoms with Crippen LogP contribution in [0.1, 0.15) is 26.7 Å². The SMILES string of the molecule is COc1cc(OC)c(NC(=O)C(Sc2cccc(NC(=O)/C(=C\c3ccc(N(C)C)cc3)NC(=O)c3ccccc3)c2)c2ccccc2)cc1Cl. The second-order valence-electron chi connectivity index (χ2n) is 11.4. The Morgan fingerprint density at radius 1 is 0.765 bits per heavy atom. The smallest absolute Gasteiger partial charge is 0.272 e. The Labute approximate surface area is 306 Å². The minimum absolute atomic E-state index is 0.0631. The van der Waals surface area contributed by atoms with Crippen molar-refractivity contribution in [1.82, 2.24) is 5.32 Å². The normalized spacial score (nSPS) is 11.6. The van der Waals surface area contributed by atoms with Crippen molar-refractivity contribution in [3.8, 4) is 11.5 Å². The van der Waals surface area contributed by atoms with Crippen molar-refractivity contribution >= 4 is 64.2 Å². The molecular weight excluding hydrogens is 684 g/mol. The third kappa shape index (κ3) is 9.72. The summed E-state index contributed by atoms with van der Waals surface area (Å²) >= 11 is 7.68. The maximum Gasteiger partial charge on any atom is 0.272 e. The van der Waals surface area contributed by atoms with Gasteiger partial charge in [-0.3, -0.25) is 14.4 Å². The number of rotatable bonds is 13. The van der Waals surface area contributed by atoms with Gasteiger partial charge in [-0.05, 0) is 65.7 Å². The van der Waals surface area contributed by atoms with Gasteiger partial charge in [0.25, 0.3) is 11.8 Å². The number of nitrogens with one attached hydrogen (secondary N) is 3. The summed E-state index contributed by atoms with van der Waals surface area (Å²) in [5.41, 5.74) is 3.84. The van der Waals surface area contributed by atoms with E-state index in [1.54, 1.807) is 60.7 Å². The molecule has 0 aromatic heterocycles. The van der Waals surface area contributed by atoms with Crippen LogP contribution in [0.5, 0.6) is 11.5 Å². The number of anilines is 3. The van der Waals surface area contributed by atoms with Gasteiger partial charge in [0.2, 0.25) is 5.91 Å². The summed E-state index contributed by atoms with van der Waals surface area (Å²) in [6, 6.07) is 36.0. The van der Waals surface area contributed by atoms with E-state index in [-0.39, 0.29) is 11.6 Å². The van der Waals surface area contributed by atoms with Crippen molar-refractivity contribution in [3.05, 3.63) is 149 Å². The number of benzene rings is 5. The lowest BCUT2D eigenvalue weighted by atomic mass is 10.1. The second-order valence-corrected chi connectivity index (χ2v) is 13.0. The molecule has 1 atom stereocenters. The van der Waals surface area contributed by atoms with Gasteiger partial charge in [0.15, 0.2) is 0 Å². The van der Waals surface area contributed by atoms with Crippen LogP contribution in [0.25, 0.3) is 6.08 Å². The maximum atomic E-state index is 13.9. The van der Waals surface area contributed by atoms with E-state index in [4.69, 9.17) is 21.1 Å². The van der Waals surface area contributed by atoms with Gasteiger partial charge in [0.05, 0.1) is 24.9 Å². The molecule has 11 heteroatoms. The third-order valence-electron chi connectivity index (χ3n) is 7.67. The van der Waals surface area contributed by atoms with Crippen molar-refractivity contribution in [2.24, 2.45) is 0 Å². The summed E-state index contributed by atoms with van der Waals surface area (Å²) in [6.07, 6.45) is 1.63. The Morgan fingerprint density at radius 2 is 1.43 bits per heavy atom. The van der Waals surface area contributed by atoms with Crippen LogP contribution in [0, 0.1) is 0 Å². The van der Waals surface area contributed by atoms with Crippen LogP contribution in [-0.4, -0.2) is 46.0 Å². The zero-order chi connectivity index (χ0) is 36.3. The summed E-state index contributed by atoms with van der Waals surface area (Å²) in [5.74, 6) is -0.437. The number of methoxy groups -OCH3 is 2. The number of halogens is 1. The molecule has 0 saturated heterocycles. The maximum absolute atomic E-state index is 13.9. The quantitative estimate of drug-likeness (QED) is 0.0830. The zero-order valence-electron chi connectivity index (χ0n) is 28.5. The lowest BCUT2D eigenvalue weighted by molar-refractivity contribution is -0.116. The van der Waals surface area contributed by atoms with Crippen LogP contribution in [0.2, 0.25) is 5.02 Å². The first kappa shape index (κ1) is 36.6. The van der Waals surface area contributed by atoms with E-state index in [1.165, 1.54) is 26.0 Å². The number of nitrogens with zero attached hydrogens (tertiary/aromatic N) is 1. The Kier molecular flexibility index (Phi) is 12.4. The number of ether oxygens (including phenoxy) is 2. The van der Waals surface area contributed by atoms with E-state index in [2.05, 4.69) is 16.0 Å². The molecule has 0 saturated carbocycles. The number of thioether (sulfide) groups is 1. The molecule has 0 heterocycles. The largest absolute Gasteiger partial charge is 0.495 e. The van der Waals surface area contributed by atoms with E-state index in [9.17, 15) is 14.4 Å². The van der Waals surface area contributed by atoms with Crippen molar-refractivity contribution in [3.63, 3.8) is 0 Å². The molecule has 3 N–H and O–H groups in total. The summed E-state index contributed by atoms with van der Waals surface area (Å²) in [6.45, 7) is 0. The highest BCUT2D eigenvalue weighted by molar-refractivity contribution is 8.00. The minimum Gasteiger partial charge on any atom is -0.495 e. The Morgan fingerprint density at radius 3 is 2.08 bits per heavy atom. The van der Waals surface area contributed by atoms with Crippen LogP contribution in [-0.2, 0) is 9.59 Å². The Bertz CT molecular complexity index is 2020. The van der Waals surface area contributed by atoms with Crippen molar-refractivity contribution in [1.29, 1.82) is 0 Å². The molecule has 0 fully saturated rings. The standard InChI is InChI=1S/C40H37ClN4O5S/c1-45(2)30-20-18-26(19-21-30)22-34(44-38(46)28-14-9-6-10-15-28)39(47)42-29-16-11-17-31(23-29)51-37(27-12-7-5-8-13-27)40(48)43-33-24-32(41)35(49-3)25-36(33)50-4/h5-25,37H,1-4H3,(H,42,47)(H,43,48)(H,44,46)/b34-22+. The highest BCUT2D eigenvalue weighted by Crippen LogP contribution is 2.40. The van der Waals surface area contributed by atoms with Gasteiger partial charge in [-0.1, -0.05) is 78.3 Å². The molecule has 0 bridgehead atoms. The molecule has 3 amide bonds. The first-order valence-electron chi connectivity index (χ1n) is 15.9. The molecule has 5 aromatic rings. The average Bonchev–Trinajstić information content (AvgIpc) is 3.14. The zero-order valence-corrected chi connectivity index (χ0v) is 30.0. The van der Waals surface area contributed by atoms with E-state index in [1.807, 2.05) is 85.7 Å². The monoisotopic (exact) mass is 720 g/mol. The van der Waals surface area contributed by atoms with Gasteiger partial charge in [-0.25, -0.2) is 0 Å². The average molecular weight is 721 g/mol. The highest BCUT2D eigenvalue weighted by atomic mass is 35.5. The summed E-state index contributed by atoms with van der Waals surface area (Å²) in [7, 11) is 6.88. The van der Waals surface area contributed by atoms with Crippen molar-refractivity contribution in [2.45, 2.75) is 10.1 Å². The molecule has 0 spiro atoms. The van der Waals surface area contributed by atoms with Crippen LogP contribution < -0.4 is 30.3 Å². The lowest BCUT2D eigenvalue weighted by Gasteiger charge is -2.19. The molecule has 0 radical (unpaired) electrons. The van der Waals surface area contributed by atoms with Crippen LogP contribution in [0.15, 0.2) is 132 Å². The van der Waals surface area contributed by atoms with Gasteiger partial charge in [0.1, 0.15) is 22.4 Å². The molecule has 0 aliphatic carbocycles. The minimum atomic E-state index is -0.687. The Hall–Kier alpha value is -5.71. The number of carbonyl (C=O) groups is 3. The number of carbonyl (C=O) groups excluding carboxylic acids is 3. The molecular formula is C40H37ClN4O5S. The third-order valence-corrected chi connectivity index (χ3v) is 9.21. The van der Waals surface area contributed by atoms with E-state index < -0.39 is 17.1 Å².